The fraction of sp³-hybridized carbons (Fsp3) is 0.632. The molecule has 0 aliphatic carbocycles. The highest BCUT2D eigenvalue weighted by atomic mass is 16.5. The fourth-order valence-corrected chi connectivity index (χ4v) is 2.55. The molecule has 0 fully saturated rings. The van der Waals surface area contributed by atoms with Gasteiger partial charge in [0.2, 0.25) is 0 Å². The van der Waals surface area contributed by atoms with Crippen molar-refractivity contribution >= 4 is 11.7 Å². The van der Waals surface area contributed by atoms with E-state index in [0.29, 0.717) is 12.3 Å². The monoisotopic (exact) mass is 321 g/mol. The molecule has 0 bridgehead atoms. The van der Waals surface area contributed by atoms with Crippen LogP contribution in [0.1, 0.15) is 81.5 Å². The molecule has 0 saturated heterocycles. The van der Waals surface area contributed by atoms with Crippen molar-refractivity contribution in [2.75, 3.05) is 12.3 Å². The molecule has 0 aromatic heterocycles. The molecule has 23 heavy (non-hydrogen) atoms. The number of nitrogens with two attached hydrogens (primary N) is 1. The van der Waals surface area contributed by atoms with Crippen molar-refractivity contribution in [1.29, 1.82) is 0 Å². The van der Waals surface area contributed by atoms with Gasteiger partial charge in [0.05, 0.1) is 6.61 Å². The van der Waals surface area contributed by atoms with Crippen LogP contribution >= 0.6 is 0 Å². The van der Waals surface area contributed by atoms with Crippen molar-refractivity contribution in [3.8, 4) is 5.75 Å². The lowest BCUT2D eigenvalue weighted by Crippen LogP contribution is -2.07. The molecule has 4 heteroatoms. The van der Waals surface area contributed by atoms with Crippen LogP contribution in [-0.4, -0.2) is 17.7 Å². The van der Waals surface area contributed by atoms with Crippen LogP contribution in [0.4, 0.5) is 5.69 Å². The third kappa shape index (κ3) is 8.48. The number of rotatable bonds is 12. The first-order valence-electron chi connectivity index (χ1n) is 8.90. The summed E-state index contributed by atoms with van der Waals surface area (Å²) in [7, 11) is 0. The molecule has 1 aromatic carbocycles. The minimum atomic E-state index is -0.488. The predicted molar refractivity (Wildman–Crippen MR) is 94.6 cm³/mol. The van der Waals surface area contributed by atoms with E-state index in [1.54, 1.807) is 6.07 Å². The second-order valence-electron chi connectivity index (χ2n) is 6.09. The van der Waals surface area contributed by atoms with E-state index in [1.165, 1.54) is 63.5 Å². The summed E-state index contributed by atoms with van der Waals surface area (Å²) >= 11 is 0. The number of benzene rings is 1. The van der Waals surface area contributed by atoms with Gasteiger partial charge >= 0.3 is 5.97 Å². The van der Waals surface area contributed by atoms with Crippen LogP contribution in [0.2, 0.25) is 0 Å². The number of unbranched alkanes of at least 4 members (excludes halogenated alkanes) is 9. The maximum atomic E-state index is 11.8. The highest BCUT2D eigenvalue weighted by Crippen LogP contribution is 2.21. The fourth-order valence-electron chi connectivity index (χ4n) is 2.55. The number of hydrogen-bond donors (Lipinski definition) is 2. The zero-order valence-electron chi connectivity index (χ0n) is 14.4. The van der Waals surface area contributed by atoms with Crippen molar-refractivity contribution < 1.29 is 14.6 Å². The molecule has 0 unspecified atom stereocenters. The molecule has 0 atom stereocenters. The third-order valence-electron chi connectivity index (χ3n) is 3.97. The van der Waals surface area contributed by atoms with Crippen LogP contribution in [0.25, 0.3) is 0 Å². The molecule has 0 heterocycles. The number of nitrogen functional groups attached to an aromatic ring is 1. The summed E-state index contributed by atoms with van der Waals surface area (Å²) in [5.41, 5.74) is 6.13. The Morgan fingerprint density at radius 1 is 1.00 bits per heavy atom. The lowest BCUT2D eigenvalue weighted by Gasteiger charge is -2.07. The van der Waals surface area contributed by atoms with Crippen LogP contribution in [0.15, 0.2) is 18.2 Å². The summed E-state index contributed by atoms with van der Waals surface area (Å²) < 4.78 is 5.18. The number of ether oxygens (including phenoxy) is 1. The second kappa shape index (κ2) is 11.8. The maximum Gasteiger partial charge on any atom is 0.341 e. The van der Waals surface area contributed by atoms with Gasteiger partial charge in [-0.25, -0.2) is 4.79 Å². The Hall–Kier alpha value is -1.71. The standard InChI is InChI=1S/C19H31NO3/c1-2-3-4-5-6-7-8-9-10-11-14-23-19(22)17-13-12-16(20)15-18(17)21/h12-13,15,21H,2-11,14,20H2,1H3. The Labute approximate surface area is 140 Å². The molecular formula is C19H31NO3. The van der Waals surface area contributed by atoms with Gasteiger partial charge in [-0.05, 0) is 18.6 Å². The number of anilines is 1. The second-order valence-corrected chi connectivity index (χ2v) is 6.09. The molecule has 0 radical (unpaired) electrons. The van der Waals surface area contributed by atoms with Crippen LogP contribution in [-0.2, 0) is 4.74 Å². The normalized spacial score (nSPS) is 10.7. The van der Waals surface area contributed by atoms with E-state index in [-0.39, 0.29) is 11.3 Å². The molecule has 0 amide bonds. The quantitative estimate of drug-likeness (QED) is 0.321. The summed E-state index contributed by atoms with van der Waals surface area (Å²) in [6.45, 7) is 2.64. The molecule has 3 N–H and O–H groups in total. The highest BCUT2D eigenvalue weighted by Gasteiger charge is 2.12. The zero-order chi connectivity index (χ0) is 16.9. The van der Waals surface area contributed by atoms with E-state index in [4.69, 9.17) is 10.5 Å². The number of phenolic OH excluding ortho intramolecular Hbond substituents is 1. The van der Waals surface area contributed by atoms with Crippen molar-refractivity contribution in [2.45, 2.75) is 71.1 Å². The van der Waals surface area contributed by atoms with Gasteiger partial charge in [-0.3, -0.25) is 0 Å². The van der Waals surface area contributed by atoms with E-state index in [2.05, 4.69) is 6.92 Å². The van der Waals surface area contributed by atoms with Crippen molar-refractivity contribution in [3.63, 3.8) is 0 Å². The topological polar surface area (TPSA) is 72.5 Å². The molecule has 0 aliphatic heterocycles. The maximum absolute atomic E-state index is 11.8. The summed E-state index contributed by atoms with van der Waals surface area (Å²) in [6, 6.07) is 4.43. The van der Waals surface area contributed by atoms with Gasteiger partial charge in [-0.2, -0.15) is 0 Å². The van der Waals surface area contributed by atoms with Gasteiger partial charge in [0, 0.05) is 11.8 Å². The van der Waals surface area contributed by atoms with E-state index >= 15 is 0 Å². The number of esters is 1. The minimum Gasteiger partial charge on any atom is -0.507 e. The molecule has 4 nitrogen and oxygen atoms in total. The third-order valence-corrected chi connectivity index (χ3v) is 3.97. The van der Waals surface area contributed by atoms with E-state index < -0.39 is 5.97 Å². The van der Waals surface area contributed by atoms with Gasteiger partial charge < -0.3 is 15.6 Å². The number of carbonyl (C=O) groups is 1. The summed E-state index contributed by atoms with van der Waals surface area (Å²) in [5.74, 6) is -0.614. The van der Waals surface area contributed by atoms with Crippen LogP contribution in [0.5, 0.6) is 5.75 Å². The smallest absolute Gasteiger partial charge is 0.341 e. The molecular weight excluding hydrogens is 290 g/mol. The largest absolute Gasteiger partial charge is 0.507 e. The zero-order valence-corrected chi connectivity index (χ0v) is 14.4. The first-order valence-corrected chi connectivity index (χ1v) is 8.90. The summed E-state index contributed by atoms with van der Waals surface area (Å²) in [5, 5.41) is 9.66. The average Bonchev–Trinajstić information content (AvgIpc) is 2.52. The number of phenols is 1. The van der Waals surface area contributed by atoms with Gasteiger partial charge in [-0.15, -0.1) is 0 Å². The van der Waals surface area contributed by atoms with Crippen molar-refractivity contribution in [1.82, 2.24) is 0 Å². The molecule has 1 aromatic rings. The van der Waals surface area contributed by atoms with Crippen LogP contribution < -0.4 is 5.73 Å². The van der Waals surface area contributed by atoms with Gasteiger partial charge in [0.1, 0.15) is 11.3 Å². The van der Waals surface area contributed by atoms with Gasteiger partial charge in [0.25, 0.3) is 0 Å². The van der Waals surface area contributed by atoms with E-state index in [1.807, 2.05) is 0 Å². The molecule has 0 saturated carbocycles. The van der Waals surface area contributed by atoms with Gasteiger partial charge in [-0.1, -0.05) is 64.7 Å². The Balaban J connectivity index is 2.01. The first-order chi connectivity index (χ1) is 11.1. The highest BCUT2D eigenvalue weighted by molar-refractivity contribution is 5.92. The first kappa shape index (κ1) is 19.3. The molecule has 1 rings (SSSR count). The molecule has 130 valence electrons. The Kier molecular flexibility index (Phi) is 9.92. The van der Waals surface area contributed by atoms with Crippen LogP contribution in [0, 0.1) is 0 Å². The van der Waals surface area contributed by atoms with E-state index in [9.17, 15) is 9.90 Å². The Morgan fingerprint density at radius 2 is 1.57 bits per heavy atom. The average molecular weight is 321 g/mol. The minimum absolute atomic E-state index is 0.127. The van der Waals surface area contributed by atoms with E-state index in [0.717, 1.165) is 12.8 Å². The Morgan fingerprint density at radius 3 is 2.13 bits per heavy atom. The number of aromatic hydroxyl groups is 1. The molecule has 0 aliphatic rings. The lowest BCUT2D eigenvalue weighted by molar-refractivity contribution is 0.0494. The Bertz CT molecular complexity index is 460. The van der Waals surface area contributed by atoms with Crippen molar-refractivity contribution in [2.24, 2.45) is 0 Å². The predicted octanol–water partition coefficient (Wildman–Crippen LogP) is 5.05. The number of carbonyl (C=O) groups excluding carboxylic acids is 1. The van der Waals surface area contributed by atoms with Gasteiger partial charge in [0.15, 0.2) is 0 Å². The number of hydrogen-bond acceptors (Lipinski definition) is 4. The van der Waals surface area contributed by atoms with Crippen molar-refractivity contribution in [3.05, 3.63) is 23.8 Å². The summed E-state index contributed by atoms with van der Waals surface area (Å²) in [6.07, 6.45) is 12.4. The lowest BCUT2D eigenvalue weighted by atomic mass is 10.1. The van der Waals surface area contributed by atoms with Crippen LogP contribution in [0.3, 0.4) is 0 Å². The SMILES string of the molecule is CCCCCCCCCCCCOC(=O)c1ccc(N)cc1O. The summed E-state index contributed by atoms with van der Waals surface area (Å²) in [4.78, 5) is 11.8. The molecule has 0 spiro atoms.